The lowest BCUT2D eigenvalue weighted by atomic mass is 10.1. The maximum Gasteiger partial charge on any atom is 0.365 e. The third-order valence-electron chi connectivity index (χ3n) is 2.99. The first-order valence-corrected chi connectivity index (χ1v) is 7.39. The summed E-state index contributed by atoms with van der Waals surface area (Å²) in [6.45, 7) is 3.43. The molecule has 0 aliphatic heterocycles. The maximum absolute atomic E-state index is 12.1. The molecule has 0 aliphatic rings. The molecule has 2 rings (SSSR count). The minimum Gasteiger partial charge on any atom is -0.312 e. The third-order valence-corrected chi connectivity index (χ3v) is 3.52. The van der Waals surface area contributed by atoms with Crippen LogP contribution in [0, 0.1) is 6.92 Å². The quantitative estimate of drug-likeness (QED) is 0.356. The van der Waals surface area contributed by atoms with Gasteiger partial charge in [-0.25, -0.2) is 4.79 Å². The highest BCUT2D eigenvalue weighted by atomic mass is 79.9. The second kappa shape index (κ2) is 7.13. The van der Waals surface area contributed by atoms with Gasteiger partial charge in [-0.2, -0.15) is 0 Å². The van der Waals surface area contributed by atoms with Crippen LogP contribution in [0.25, 0.3) is 0 Å². The van der Waals surface area contributed by atoms with Gasteiger partial charge in [0.15, 0.2) is 0 Å². The number of oxime groups is 1. The Morgan fingerprint density at radius 2 is 1.50 bits per heavy atom. The zero-order valence-electron chi connectivity index (χ0n) is 12.2. The molecular weight excluding hydrogens is 346 g/mol. The lowest BCUT2D eigenvalue weighted by Gasteiger charge is -2.02. The smallest absolute Gasteiger partial charge is 0.312 e. The van der Waals surface area contributed by atoms with Crippen LogP contribution in [0.2, 0.25) is 0 Å². The van der Waals surface area contributed by atoms with Crippen molar-refractivity contribution in [2.24, 2.45) is 5.16 Å². The van der Waals surface area contributed by atoms with Crippen LogP contribution in [-0.2, 0) is 4.84 Å². The first kappa shape index (κ1) is 16.1. The van der Waals surface area contributed by atoms with Crippen molar-refractivity contribution in [2.75, 3.05) is 0 Å². The number of aryl methyl sites for hydroxylation is 1. The molecule has 0 aliphatic carbocycles. The molecule has 0 bridgehead atoms. The Morgan fingerprint density at radius 3 is 2.09 bits per heavy atom. The van der Waals surface area contributed by atoms with E-state index in [1.807, 2.05) is 6.92 Å². The van der Waals surface area contributed by atoms with Gasteiger partial charge >= 0.3 is 5.97 Å². The molecule has 2 aromatic rings. The molecule has 4 nitrogen and oxygen atoms in total. The number of nitrogens with zero attached hydrogens (tertiary/aromatic N) is 1. The molecule has 22 heavy (non-hydrogen) atoms. The van der Waals surface area contributed by atoms with Crippen LogP contribution >= 0.6 is 15.9 Å². The highest BCUT2D eigenvalue weighted by molar-refractivity contribution is 9.10. The average Bonchev–Trinajstić information content (AvgIpc) is 2.53. The lowest BCUT2D eigenvalue weighted by molar-refractivity contribution is 0.0515. The molecule has 0 N–H and O–H groups in total. The van der Waals surface area contributed by atoms with E-state index in [9.17, 15) is 9.59 Å². The standard InChI is InChI=1S/C17H14BrNO3/c1-11-3-5-14(6-4-11)17(21)22-19-12(2)16(20)13-7-9-15(18)10-8-13/h3-10H,1-2H3/b19-12-. The fourth-order valence-corrected chi connectivity index (χ4v) is 1.97. The number of benzene rings is 2. The largest absolute Gasteiger partial charge is 0.365 e. The Bertz CT molecular complexity index is 719. The number of ketones is 1. The van der Waals surface area contributed by atoms with E-state index in [1.54, 1.807) is 48.5 Å². The molecule has 0 saturated carbocycles. The zero-order chi connectivity index (χ0) is 16.1. The summed E-state index contributed by atoms with van der Waals surface area (Å²) >= 11 is 3.30. The summed E-state index contributed by atoms with van der Waals surface area (Å²) in [5, 5.41) is 3.63. The molecular formula is C17H14BrNO3. The molecule has 0 saturated heterocycles. The number of carbonyl (C=O) groups is 2. The summed E-state index contributed by atoms with van der Waals surface area (Å²) < 4.78 is 0.879. The fraction of sp³-hybridized carbons (Fsp3) is 0.118. The van der Waals surface area contributed by atoms with Crippen molar-refractivity contribution in [1.82, 2.24) is 0 Å². The minimum absolute atomic E-state index is 0.114. The summed E-state index contributed by atoms with van der Waals surface area (Å²) in [4.78, 5) is 28.7. The molecule has 0 amide bonds. The normalized spacial score (nSPS) is 11.1. The van der Waals surface area contributed by atoms with Crippen molar-refractivity contribution >= 4 is 33.4 Å². The Labute approximate surface area is 136 Å². The Balaban J connectivity index is 2.05. The van der Waals surface area contributed by atoms with Gasteiger partial charge in [0, 0.05) is 10.0 Å². The van der Waals surface area contributed by atoms with Gasteiger partial charge in [-0.15, -0.1) is 0 Å². The third kappa shape index (κ3) is 4.11. The molecule has 0 aromatic heterocycles. The number of rotatable bonds is 4. The molecule has 0 unspecified atom stereocenters. The molecule has 0 heterocycles. The van der Waals surface area contributed by atoms with Gasteiger partial charge in [-0.1, -0.05) is 38.8 Å². The summed E-state index contributed by atoms with van der Waals surface area (Å²) in [6, 6.07) is 13.8. The van der Waals surface area contributed by atoms with Crippen LogP contribution in [-0.4, -0.2) is 17.5 Å². The van der Waals surface area contributed by atoms with Crippen LogP contribution in [0.4, 0.5) is 0 Å². The number of halogens is 1. The van der Waals surface area contributed by atoms with Gasteiger partial charge in [-0.05, 0) is 50.2 Å². The average molecular weight is 360 g/mol. The van der Waals surface area contributed by atoms with E-state index in [1.165, 1.54) is 6.92 Å². The van der Waals surface area contributed by atoms with E-state index >= 15 is 0 Å². The van der Waals surface area contributed by atoms with Crippen molar-refractivity contribution in [3.8, 4) is 0 Å². The Kier molecular flexibility index (Phi) is 5.22. The first-order valence-electron chi connectivity index (χ1n) is 6.60. The molecule has 5 heteroatoms. The second-order valence-electron chi connectivity index (χ2n) is 4.76. The lowest BCUT2D eigenvalue weighted by Crippen LogP contribution is -2.12. The molecule has 2 aromatic carbocycles. The maximum atomic E-state index is 12.1. The van der Waals surface area contributed by atoms with Gasteiger partial charge in [0.1, 0.15) is 5.71 Å². The van der Waals surface area contributed by atoms with Gasteiger partial charge in [0.25, 0.3) is 0 Å². The van der Waals surface area contributed by atoms with Crippen molar-refractivity contribution in [2.45, 2.75) is 13.8 Å². The molecule has 112 valence electrons. The van der Waals surface area contributed by atoms with Crippen molar-refractivity contribution in [1.29, 1.82) is 0 Å². The number of hydrogen-bond acceptors (Lipinski definition) is 4. The summed E-state index contributed by atoms with van der Waals surface area (Å²) in [5.41, 5.74) is 2.03. The van der Waals surface area contributed by atoms with E-state index < -0.39 is 5.97 Å². The predicted molar refractivity (Wildman–Crippen MR) is 88.2 cm³/mol. The fourth-order valence-electron chi connectivity index (χ4n) is 1.70. The molecule has 0 radical (unpaired) electrons. The SMILES string of the molecule is C/C(=N/OC(=O)c1ccc(C)cc1)C(=O)c1ccc(Br)cc1. The Hall–Kier alpha value is -2.27. The highest BCUT2D eigenvalue weighted by Crippen LogP contribution is 2.12. The first-order chi connectivity index (χ1) is 10.5. The molecule has 0 spiro atoms. The van der Waals surface area contributed by atoms with Gasteiger partial charge in [0.05, 0.1) is 5.56 Å². The van der Waals surface area contributed by atoms with E-state index in [2.05, 4.69) is 21.1 Å². The second-order valence-corrected chi connectivity index (χ2v) is 5.67. The Morgan fingerprint density at radius 1 is 0.955 bits per heavy atom. The monoisotopic (exact) mass is 359 g/mol. The minimum atomic E-state index is -0.594. The van der Waals surface area contributed by atoms with Crippen molar-refractivity contribution in [3.63, 3.8) is 0 Å². The topological polar surface area (TPSA) is 55.7 Å². The number of Topliss-reactive ketones (excluding diaryl/α,β-unsaturated/α-hetero) is 1. The van der Waals surface area contributed by atoms with Crippen molar-refractivity contribution in [3.05, 3.63) is 69.7 Å². The summed E-state index contributed by atoms with van der Waals surface area (Å²) in [7, 11) is 0. The van der Waals surface area contributed by atoms with Crippen LogP contribution in [0.1, 0.15) is 33.2 Å². The van der Waals surface area contributed by atoms with Crippen LogP contribution in [0.15, 0.2) is 58.2 Å². The zero-order valence-corrected chi connectivity index (χ0v) is 13.8. The summed E-state index contributed by atoms with van der Waals surface area (Å²) in [6.07, 6.45) is 0. The van der Waals surface area contributed by atoms with E-state index in [-0.39, 0.29) is 11.5 Å². The summed E-state index contributed by atoms with van der Waals surface area (Å²) in [5.74, 6) is -0.882. The highest BCUT2D eigenvalue weighted by Gasteiger charge is 2.12. The number of carbonyl (C=O) groups excluding carboxylic acids is 2. The van der Waals surface area contributed by atoms with Gasteiger partial charge < -0.3 is 4.84 Å². The van der Waals surface area contributed by atoms with E-state index in [0.717, 1.165) is 10.0 Å². The number of hydrogen-bond donors (Lipinski definition) is 0. The van der Waals surface area contributed by atoms with E-state index in [4.69, 9.17) is 4.84 Å². The van der Waals surface area contributed by atoms with Crippen LogP contribution in [0.3, 0.4) is 0 Å². The van der Waals surface area contributed by atoms with Gasteiger partial charge in [0.2, 0.25) is 5.78 Å². The van der Waals surface area contributed by atoms with Gasteiger partial charge in [-0.3, -0.25) is 4.79 Å². The predicted octanol–water partition coefficient (Wildman–Crippen LogP) is 4.17. The van der Waals surface area contributed by atoms with Crippen LogP contribution in [0.5, 0.6) is 0 Å². The molecule has 0 fully saturated rings. The molecule has 0 atom stereocenters. The van der Waals surface area contributed by atoms with Crippen LogP contribution < -0.4 is 0 Å². The van der Waals surface area contributed by atoms with Crippen molar-refractivity contribution < 1.29 is 14.4 Å². The van der Waals surface area contributed by atoms with E-state index in [0.29, 0.717) is 11.1 Å².